The first-order valence-electron chi connectivity index (χ1n) is 21.7. The SMILES string of the molecule is Cc1cc(Nc2cc(Nc3ccccc3C(=O)NC3CCCC(N[C@H](C(=O)N4C[C@H](O)C[C@H]4C(=O)NCc4ccc(-c5scnc5C)cc4)C(C)(C)C)C3)c(Cl)cn2)n(C(C)C)n1. The average molecular weight is 896 g/mol. The summed E-state index contributed by atoms with van der Waals surface area (Å²) in [7, 11) is 0. The van der Waals surface area contributed by atoms with Crippen LogP contribution in [0.2, 0.25) is 5.02 Å². The van der Waals surface area contributed by atoms with E-state index in [0.29, 0.717) is 40.7 Å². The molecule has 1 saturated heterocycles. The van der Waals surface area contributed by atoms with Crippen LogP contribution in [0.4, 0.5) is 23.0 Å². The molecule has 0 spiro atoms. The zero-order valence-corrected chi connectivity index (χ0v) is 38.6. The van der Waals surface area contributed by atoms with E-state index in [9.17, 15) is 19.5 Å². The summed E-state index contributed by atoms with van der Waals surface area (Å²) >= 11 is 8.22. The van der Waals surface area contributed by atoms with E-state index < -0.39 is 23.6 Å². The highest BCUT2D eigenvalue weighted by Gasteiger charge is 2.45. The number of nitrogens with one attached hydrogen (secondary N) is 5. The van der Waals surface area contributed by atoms with E-state index in [-0.39, 0.29) is 48.8 Å². The summed E-state index contributed by atoms with van der Waals surface area (Å²) in [5.41, 5.74) is 6.83. The summed E-state index contributed by atoms with van der Waals surface area (Å²) in [6, 6.07) is 17.6. The maximum Gasteiger partial charge on any atom is 0.253 e. The van der Waals surface area contributed by atoms with Crippen molar-refractivity contribution in [2.45, 2.75) is 123 Å². The minimum Gasteiger partial charge on any atom is -0.391 e. The number of hydrogen-bond acceptors (Lipinski definition) is 11. The number of aliphatic hydroxyl groups is 1. The number of aliphatic hydroxyl groups excluding tert-OH is 1. The van der Waals surface area contributed by atoms with Crippen LogP contribution in [-0.4, -0.2) is 84.3 Å². The third-order valence-electron chi connectivity index (χ3n) is 11.7. The van der Waals surface area contributed by atoms with Crippen molar-refractivity contribution in [1.29, 1.82) is 0 Å². The number of para-hydroxylation sites is 1. The Bertz CT molecular complexity index is 2410. The number of carbonyl (C=O) groups is 3. The van der Waals surface area contributed by atoms with Crippen LogP contribution in [-0.2, 0) is 16.1 Å². The molecule has 63 heavy (non-hydrogen) atoms. The number of nitrogens with zero attached hydrogens (tertiary/aromatic N) is 5. The lowest BCUT2D eigenvalue weighted by Gasteiger charge is -2.40. The summed E-state index contributed by atoms with van der Waals surface area (Å²) in [4.78, 5) is 53.6. The van der Waals surface area contributed by atoms with Crippen molar-refractivity contribution in [1.82, 2.24) is 40.6 Å². The number of β-amino-alcohol motifs (C(OH)–C–C–N with tert-alkyl or cyclic N) is 1. The van der Waals surface area contributed by atoms with E-state index >= 15 is 0 Å². The van der Waals surface area contributed by atoms with Gasteiger partial charge in [-0.25, -0.2) is 14.6 Å². The van der Waals surface area contributed by atoms with Crippen LogP contribution in [0.3, 0.4) is 0 Å². The predicted octanol–water partition coefficient (Wildman–Crippen LogP) is 8.06. The Balaban J connectivity index is 0.975. The van der Waals surface area contributed by atoms with Gasteiger partial charge in [0.25, 0.3) is 5.91 Å². The smallest absolute Gasteiger partial charge is 0.253 e. The fourth-order valence-electron chi connectivity index (χ4n) is 8.47. The first kappa shape index (κ1) is 45.7. The first-order valence-corrected chi connectivity index (χ1v) is 23.0. The van der Waals surface area contributed by atoms with Crippen molar-refractivity contribution < 1.29 is 19.5 Å². The van der Waals surface area contributed by atoms with Gasteiger partial charge in [0.2, 0.25) is 11.8 Å². The zero-order chi connectivity index (χ0) is 45.0. The molecule has 16 heteroatoms. The molecule has 2 aromatic carbocycles. The second kappa shape index (κ2) is 19.6. The van der Waals surface area contributed by atoms with Crippen LogP contribution in [0, 0.1) is 19.3 Å². The number of pyridine rings is 1. The molecule has 5 atom stereocenters. The molecule has 0 bridgehead atoms. The highest BCUT2D eigenvalue weighted by atomic mass is 35.5. The molecule has 4 heterocycles. The average Bonchev–Trinajstić information content (AvgIpc) is 3.97. The van der Waals surface area contributed by atoms with Gasteiger partial charge >= 0.3 is 0 Å². The van der Waals surface area contributed by atoms with E-state index in [4.69, 9.17) is 11.6 Å². The summed E-state index contributed by atoms with van der Waals surface area (Å²) in [5.74, 6) is 0.637. The molecular weight excluding hydrogens is 836 g/mol. The van der Waals surface area contributed by atoms with Crippen LogP contribution in [0.15, 0.2) is 72.4 Å². The van der Waals surface area contributed by atoms with Gasteiger partial charge in [-0.05, 0) is 82.1 Å². The molecule has 0 radical (unpaired) electrons. The zero-order valence-electron chi connectivity index (χ0n) is 37.0. The molecular formula is C47H59ClN10O4S. The van der Waals surface area contributed by atoms with Gasteiger partial charge in [-0.15, -0.1) is 11.3 Å². The molecule has 6 N–H and O–H groups in total. The van der Waals surface area contributed by atoms with Crippen LogP contribution < -0.4 is 26.6 Å². The molecule has 14 nitrogen and oxygen atoms in total. The van der Waals surface area contributed by atoms with E-state index in [0.717, 1.165) is 52.5 Å². The number of rotatable bonds is 14. The minimum atomic E-state index is -0.808. The van der Waals surface area contributed by atoms with Crippen LogP contribution in [0.1, 0.15) is 100 Å². The summed E-state index contributed by atoms with van der Waals surface area (Å²) in [6.07, 6.45) is 4.01. The minimum absolute atomic E-state index is 0.0700. The Labute approximate surface area is 378 Å². The number of benzene rings is 2. The lowest BCUT2D eigenvalue weighted by molar-refractivity contribution is -0.142. The van der Waals surface area contributed by atoms with Crippen LogP contribution in [0.5, 0.6) is 0 Å². The van der Waals surface area contributed by atoms with Crippen LogP contribution in [0.25, 0.3) is 10.4 Å². The highest BCUT2D eigenvalue weighted by molar-refractivity contribution is 7.13. The van der Waals surface area contributed by atoms with Crippen molar-refractivity contribution in [3.8, 4) is 10.4 Å². The van der Waals surface area contributed by atoms with Gasteiger partial charge in [-0.1, -0.05) is 68.8 Å². The molecule has 1 saturated carbocycles. The molecule has 2 unspecified atom stereocenters. The number of anilines is 4. The lowest BCUT2D eigenvalue weighted by atomic mass is 9.83. The van der Waals surface area contributed by atoms with E-state index in [1.54, 1.807) is 34.6 Å². The third-order valence-corrected chi connectivity index (χ3v) is 13.0. The Kier molecular flexibility index (Phi) is 14.2. The number of aromatic nitrogens is 4. The second-order valence-electron chi connectivity index (χ2n) is 18.1. The molecule has 3 amide bonds. The van der Waals surface area contributed by atoms with Crippen molar-refractivity contribution >= 4 is 63.7 Å². The maximum absolute atomic E-state index is 14.5. The molecule has 3 aromatic heterocycles. The second-order valence-corrected chi connectivity index (χ2v) is 19.4. The Hall–Kier alpha value is -5.35. The Morgan fingerprint density at radius 2 is 1.70 bits per heavy atom. The standard InChI is InChI=1S/C47H59ClN10O4S/c1-27(2)58-41(19-28(3)56-58)55-40-22-38(36(48)24-49-40)54-37-14-9-8-13-35(37)44(60)53-33-12-10-11-32(20-33)52-43(47(5,6)7)46(62)57-25-34(59)21-39(57)45(61)50-23-30-15-17-31(18-16-30)42-29(4)51-26-63-42/h8-9,13-19,22,24,26-27,32-34,39,43,52,59H,10-12,20-21,23,25H2,1-7H3,(H,50,61)(H,53,60)(H2,49,54,55)/t32?,33?,34-,39+,43-/m1/s1. The molecule has 334 valence electrons. The Morgan fingerprint density at radius 1 is 0.952 bits per heavy atom. The highest BCUT2D eigenvalue weighted by Crippen LogP contribution is 2.33. The normalized spacial score (nSPS) is 19.5. The van der Waals surface area contributed by atoms with Crippen molar-refractivity contribution in [3.63, 3.8) is 0 Å². The summed E-state index contributed by atoms with van der Waals surface area (Å²) in [5, 5.41) is 32.4. The van der Waals surface area contributed by atoms with Gasteiger partial charge in [0.1, 0.15) is 17.7 Å². The predicted molar refractivity (Wildman–Crippen MR) is 250 cm³/mol. The van der Waals surface area contributed by atoms with Crippen molar-refractivity contribution in [2.75, 3.05) is 17.2 Å². The Morgan fingerprint density at radius 3 is 2.41 bits per heavy atom. The number of halogens is 1. The quantitative estimate of drug-likeness (QED) is 0.0639. The number of aryl methyl sites for hydroxylation is 2. The third kappa shape index (κ3) is 11.1. The molecule has 5 aromatic rings. The molecule has 1 aliphatic carbocycles. The van der Waals surface area contributed by atoms with Crippen molar-refractivity contribution in [2.24, 2.45) is 5.41 Å². The van der Waals surface area contributed by atoms with E-state index in [1.165, 1.54) is 0 Å². The van der Waals surface area contributed by atoms with E-state index in [2.05, 4.69) is 55.5 Å². The first-order chi connectivity index (χ1) is 30.0. The van der Waals surface area contributed by atoms with Gasteiger partial charge in [0.05, 0.1) is 62.1 Å². The number of thiazole rings is 1. The topological polar surface area (TPSA) is 178 Å². The fraction of sp³-hybridized carbons (Fsp3) is 0.447. The van der Waals surface area contributed by atoms with Gasteiger partial charge < -0.3 is 36.6 Å². The van der Waals surface area contributed by atoms with Gasteiger partial charge in [0, 0.05) is 49.8 Å². The van der Waals surface area contributed by atoms with Crippen LogP contribution >= 0.6 is 22.9 Å². The van der Waals surface area contributed by atoms with Gasteiger partial charge in [0.15, 0.2) is 0 Å². The maximum atomic E-state index is 14.5. The van der Waals surface area contributed by atoms with Gasteiger partial charge in [-0.3, -0.25) is 14.4 Å². The van der Waals surface area contributed by atoms with Gasteiger partial charge in [-0.2, -0.15) is 5.10 Å². The fourth-order valence-corrected chi connectivity index (χ4v) is 9.43. The van der Waals surface area contributed by atoms with E-state index in [1.807, 2.05) is 93.3 Å². The number of amides is 3. The molecule has 2 aliphatic rings. The molecule has 1 aliphatic heterocycles. The number of likely N-dealkylation sites (tertiary alicyclic amines) is 1. The summed E-state index contributed by atoms with van der Waals surface area (Å²) < 4.78 is 1.90. The largest absolute Gasteiger partial charge is 0.391 e. The summed E-state index contributed by atoms with van der Waals surface area (Å²) in [6.45, 7) is 14.4. The molecule has 7 rings (SSSR count). The monoisotopic (exact) mass is 894 g/mol. The number of hydrogen-bond donors (Lipinski definition) is 6. The number of carbonyl (C=O) groups excluding carboxylic acids is 3. The molecule has 2 fully saturated rings. The lowest BCUT2D eigenvalue weighted by Crippen LogP contribution is -2.59. The van der Waals surface area contributed by atoms with Crippen molar-refractivity contribution in [3.05, 3.63) is 99.9 Å².